The molecule has 6 aromatic rings. The van der Waals surface area contributed by atoms with Gasteiger partial charge >= 0.3 is 0 Å². The van der Waals surface area contributed by atoms with Crippen LogP contribution in [0, 0.1) is 0 Å². The van der Waals surface area contributed by atoms with Crippen molar-refractivity contribution >= 4 is 35.2 Å². The fraction of sp³-hybridized carbons (Fsp3) is 0.0857. The van der Waals surface area contributed by atoms with Gasteiger partial charge in [0.15, 0.2) is 0 Å². The number of nitrogens with zero attached hydrogens (tertiary/aromatic N) is 3. The highest BCUT2D eigenvalue weighted by atomic mass is 16.5. The van der Waals surface area contributed by atoms with Crippen LogP contribution in [0.2, 0.25) is 0 Å². The highest BCUT2D eigenvalue weighted by Crippen LogP contribution is 2.27. The number of rotatable bonds is 10. The van der Waals surface area contributed by atoms with Crippen molar-refractivity contribution in [2.45, 2.75) is 13.2 Å². The van der Waals surface area contributed by atoms with Gasteiger partial charge in [-0.05, 0) is 77.2 Å². The first-order valence-electron chi connectivity index (χ1n) is 13.5. The molecule has 3 aromatic heterocycles. The Morgan fingerprint density at radius 2 is 1.73 bits per heavy atom. The Labute approximate surface area is 239 Å². The molecule has 6 heteroatoms. The number of fused-ring (bicyclic) bond motifs is 1. The summed E-state index contributed by atoms with van der Waals surface area (Å²) in [6.07, 6.45) is 12.0. The lowest BCUT2D eigenvalue weighted by atomic mass is 10.1. The highest BCUT2D eigenvalue weighted by molar-refractivity contribution is 5.84. The van der Waals surface area contributed by atoms with Crippen LogP contribution in [0.15, 0.2) is 109 Å². The maximum atomic E-state index is 5.88. The van der Waals surface area contributed by atoms with Gasteiger partial charge in [0.1, 0.15) is 18.1 Å². The van der Waals surface area contributed by atoms with Gasteiger partial charge in [-0.3, -0.25) is 10.1 Å². The molecule has 0 radical (unpaired) electrons. The second-order valence-electron chi connectivity index (χ2n) is 9.68. The Morgan fingerprint density at radius 3 is 2.59 bits per heavy atom. The molecule has 0 aliphatic carbocycles. The molecule has 202 valence electrons. The summed E-state index contributed by atoms with van der Waals surface area (Å²) in [5, 5.41) is 8.78. The van der Waals surface area contributed by atoms with E-state index in [4.69, 9.17) is 9.47 Å². The van der Waals surface area contributed by atoms with Gasteiger partial charge in [-0.1, -0.05) is 54.6 Å². The van der Waals surface area contributed by atoms with Gasteiger partial charge < -0.3 is 14.0 Å². The fourth-order valence-electron chi connectivity index (χ4n) is 4.67. The van der Waals surface area contributed by atoms with E-state index in [1.165, 1.54) is 16.5 Å². The third-order valence-electron chi connectivity index (χ3n) is 6.82. The van der Waals surface area contributed by atoms with Crippen molar-refractivity contribution in [1.29, 1.82) is 0 Å². The molecule has 1 N–H and O–H groups in total. The summed E-state index contributed by atoms with van der Waals surface area (Å²) in [5.41, 5.74) is 7.19. The van der Waals surface area contributed by atoms with Gasteiger partial charge in [-0.25, -0.2) is 0 Å². The van der Waals surface area contributed by atoms with E-state index >= 15 is 0 Å². The van der Waals surface area contributed by atoms with E-state index in [-0.39, 0.29) is 0 Å². The van der Waals surface area contributed by atoms with E-state index in [2.05, 4.69) is 80.6 Å². The molecule has 6 nitrogen and oxygen atoms in total. The normalized spacial score (nSPS) is 11.5. The van der Waals surface area contributed by atoms with Crippen LogP contribution >= 0.6 is 0 Å². The van der Waals surface area contributed by atoms with Crippen LogP contribution in [0.3, 0.4) is 0 Å². The second-order valence-corrected chi connectivity index (χ2v) is 9.68. The summed E-state index contributed by atoms with van der Waals surface area (Å²) in [6.45, 7) is 1.25. The molecule has 0 aliphatic heterocycles. The van der Waals surface area contributed by atoms with Crippen LogP contribution < -0.4 is 9.47 Å². The van der Waals surface area contributed by atoms with Gasteiger partial charge in [0.2, 0.25) is 0 Å². The Kier molecular flexibility index (Phi) is 7.72. The number of aromatic nitrogens is 4. The topological polar surface area (TPSA) is 65.0 Å². The lowest BCUT2D eigenvalue weighted by molar-refractivity contribution is 0.299. The van der Waals surface area contributed by atoms with E-state index in [9.17, 15) is 0 Å². The van der Waals surface area contributed by atoms with Crippen LogP contribution in [-0.4, -0.2) is 26.9 Å². The molecule has 0 bridgehead atoms. The average molecular weight is 539 g/mol. The molecule has 0 spiro atoms. The van der Waals surface area contributed by atoms with Crippen molar-refractivity contribution in [3.8, 4) is 11.5 Å². The smallest absolute Gasteiger partial charge is 0.130 e. The molecular formula is C35H30N4O2. The Morgan fingerprint density at radius 1 is 0.829 bits per heavy atom. The molecular weight excluding hydrogens is 508 g/mol. The molecule has 0 fully saturated rings. The maximum absolute atomic E-state index is 5.88. The molecule has 3 aromatic carbocycles. The maximum Gasteiger partial charge on any atom is 0.130 e. The minimum absolute atomic E-state index is 0.401. The van der Waals surface area contributed by atoms with Crippen LogP contribution in [0.4, 0.5) is 0 Å². The van der Waals surface area contributed by atoms with Gasteiger partial charge in [-0.15, -0.1) is 0 Å². The van der Waals surface area contributed by atoms with Gasteiger partial charge in [-0.2, -0.15) is 5.10 Å². The molecule has 6 rings (SSSR count). The third-order valence-corrected chi connectivity index (χ3v) is 6.82. The number of hydrogen-bond donors (Lipinski definition) is 1. The van der Waals surface area contributed by atoms with Gasteiger partial charge in [0.05, 0.1) is 24.2 Å². The van der Waals surface area contributed by atoms with Crippen molar-refractivity contribution in [1.82, 2.24) is 19.7 Å². The third kappa shape index (κ3) is 6.45. The first kappa shape index (κ1) is 25.9. The molecule has 0 unspecified atom stereocenters. The summed E-state index contributed by atoms with van der Waals surface area (Å²) in [7, 11) is 1.66. The van der Waals surface area contributed by atoms with Crippen molar-refractivity contribution in [2.75, 3.05) is 7.11 Å². The zero-order valence-electron chi connectivity index (χ0n) is 22.8. The number of aromatic amines is 1. The summed E-state index contributed by atoms with van der Waals surface area (Å²) < 4.78 is 13.8. The Balaban J connectivity index is 1.12. The van der Waals surface area contributed by atoms with E-state index in [1.54, 1.807) is 13.3 Å². The molecule has 0 saturated heterocycles. The van der Waals surface area contributed by atoms with Crippen molar-refractivity contribution in [2.24, 2.45) is 0 Å². The monoisotopic (exact) mass is 538 g/mol. The first-order valence-corrected chi connectivity index (χ1v) is 13.5. The Bertz CT molecular complexity index is 1800. The molecule has 41 heavy (non-hydrogen) atoms. The van der Waals surface area contributed by atoms with Crippen LogP contribution in [0.25, 0.3) is 35.2 Å². The predicted octanol–water partition coefficient (Wildman–Crippen LogP) is 7.74. The summed E-state index contributed by atoms with van der Waals surface area (Å²) in [5.74, 6) is 1.45. The SMILES string of the molecule is COc1cc(OCc2ccccn2)ccc1C=Cc1cc(C=Cc2ccc3ccn(Cc4ccccc4)c3c2)n[nH]1. The summed E-state index contributed by atoms with van der Waals surface area (Å²) >= 11 is 0. The molecule has 0 aliphatic rings. The number of nitrogens with one attached hydrogen (secondary N) is 1. The van der Waals surface area contributed by atoms with E-state index in [0.29, 0.717) is 6.61 Å². The number of ether oxygens (including phenoxy) is 2. The predicted molar refractivity (Wildman–Crippen MR) is 165 cm³/mol. The van der Waals surface area contributed by atoms with Crippen LogP contribution in [0.1, 0.15) is 33.8 Å². The number of methoxy groups -OCH3 is 1. The minimum Gasteiger partial charge on any atom is -0.496 e. The number of H-pyrrole nitrogens is 1. The highest BCUT2D eigenvalue weighted by Gasteiger charge is 2.06. The fourth-order valence-corrected chi connectivity index (χ4v) is 4.67. The van der Waals surface area contributed by atoms with Gasteiger partial charge in [0.25, 0.3) is 0 Å². The molecule has 0 amide bonds. The van der Waals surface area contributed by atoms with Crippen molar-refractivity contribution in [3.05, 3.63) is 143 Å². The lowest BCUT2D eigenvalue weighted by Crippen LogP contribution is -1.98. The standard InChI is InChI=1S/C35H30N4O2/c1-40-35-23-33(41-25-32-9-5-6-19-36-32)17-14-29(35)13-16-31-22-30(37-38-31)15-11-26-10-12-28-18-20-39(34(28)21-26)24-27-7-3-2-4-8-27/h2-23H,24-25H2,1H3,(H,37,38). The van der Waals surface area contributed by atoms with E-state index in [1.807, 2.05) is 66.8 Å². The molecule has 0 atom stereocenters. The molecule has 0 saturated carbocycles. The quantitative estimate of drug-likeness (QED) is 0.194. The lowest BCUT2D eigenvalue weighted by Gasteiger charge is -2.09. The van der Waals surface area contributed by atoms with Crippen LogP contribution in [-0.2, 0) is 13.2 Å². The minimum atomic E-state index is 0.401. The van der Waals surface area contributed by atoms with Crippen molar-refractivity contribution in [3.63, 3.8) is 0 Å². The summed E-state index contributed by atoms with van der Waals surface area (Å²) in [4.78, 5) is 4.29. The largest absolute Gasteiger partial charge is 0.496 e. The zero-order valence-corrected chi connectivity index (χ0v) is 22.8. The summed E-state index contributed by atoms with van der Waals surface area (Å²) in [6, 6.07) is 32.8. The number of pyridine rings is 1. The van der Waals surface area contributed by atoms with Gasteiger partial charge in [0, 0.05) is 36.1 Å². The Hall–Kier alpha value is -5.36. The first-order chi connectivity index (χ1) is 20.2. The number of hydrogen-bond acceptors (Lipinski definition) is 4. The van der Waals surface area contributed by atoms with E-state index in [0.717, 1.165) is 46.3 Å². The van der Waals surface area contributed by atoms with Crippen LogP contribution in [0.5, 0.6) is 11.5 Å². The number of benzene rings is 3. The second kappa shape index (κ2) is 12.2. The van der Waals surface area contributed by atoms with E-state index < -0.39 is 0 Å². The molecule has 3 heterocycles. The zero-order chi connectivity index (χ0) is 27.9. The van der Waals surface area contributed by atoms with Crippen molar-refractivity contribution < 1.29 is 9.47 Å². The average Bonchev–Trinajstić information content (AvgIpc) is 3.65.